The molecule has 0 unspecified atom stereocenters. The van der Waals surface area contributed by atoms with Crippen LogP contribution >= 0.6 is 0 Å². The van der Waals surface area contributed by atoms with E-state index in [-0.39, 0.29) is 5.41 Å². The van der Waals surface area contributed by atoms with Crippen LogP contribution in [0.4, 0.5) is 0 Å². The third kappa shape index (κ3) is 10.2. The van der Waals surface area contributed by atoms with Crippen LogP contribution in [0.1, 0.15) is 93.4 Å². The van der Waals surface area contributed by atoms with E-state index >= 15 is 0 Å². The lowest BCUT2D eigenvalue weighted by atomic mass is 9.94. The summed E-state index contributed by atoms with van der Waals surface area (Å²) in [4.78, 5) is 0. The molecule has 0 N–H and O–H groups in total. The van der Waals surface area contributed by atoms with Crippen molar-refractivity contribution in [2.45, 2.75) is 99.2 Å². The summed E-state index contributed by atoms with van der Waals surface area (Å²) in [5.41, 5.74) is 3.17. The van der Waals surface area contributed by atoms with Crippen molar-refractivity contribution in [3.05, 3.63) is 23.3 Å². The number of ether oxygens (including phenoxy) is 2. The molecular weight excluding hydrogens is 308 g/mol. The topological polar surface area (TPSA) is 18.5 Å². The van der Waals surface area contributed by atoms with Crippen LogP contribution in [0.15, 0.2) is 23.3 Å². The van der Waals surface area contributed by atoms with Crippen LogP contribution in [0.25, 0.3) is 0 Å². The van der Waals surface area contributed by atoms with Crippen molar-refractivity contribution in [1.29, 1.82) is 0 Å². The highest BCUT2D eigenvalue weighted by atomic mass is 16.7. The summed E-state index contributed by atoms with van der Waals surface area (Å²) >= 11 is 0. The third-order valence-electron chi connectivity index (χ3n) is 5.01. The first kappa shape index (κ1) is 22.4. The SMILES string of the molecule is CC(=CCCC1(C)OCC(C)(C)CO1)CCC=C(C)CCCC(C)C. The molecule has 0 aromatic rings. The fourth-order valence-corrected chi connectivity index (χ4v) is 3.04. The van der Waals surface area contributed by atoms with Gasteiger partial charge in [-0.15, -0.1) is 0 Å². The van der Waals surface area contributed by atoms with Crippen LogP contribution in [-0.4, -0.2) is 19.0 Å². The summed E-state index contributed by atoms with van der Waals surface area (Å²) in [6, 6.07) is 0. The fraction of sp³-hybridized carbons (Fsp3) is 0.826. The van der Waals surface area contributed by atoms with E-state index in [1.807, 2.05) is 0 Å². The smallest absolute Gasteiger partial charge is 0.165 e. The molecular formula is C23H42O2. The molecule has 0 aromatic heterocycles. The first-order valence-corrected chi connectivity index (χ1v) is 10.2. The second-order valence-electron chi connectivity index (χ2n) is 9.34. The van der Waals surface area contributed by atoms with E-state index in [9.17, 15) is 0 Å². The van der Waals surface area contributed by atoms with Crippen LogP contribution in [-0.2, 0) is 9.47 Å². The summed E-state index contributed by atoms with van der Waals surface area (Å²) < 4.78 is 11.9. The molecule has 1 heterocycles. The Kier molecular flexibility index (Phi) is 9.45. The van der Waals surface area contributed by atoms with E-state index in [1.165, 1.54) is 24.8 Å². The van der Waals surface area contributed by atoms with E-state index in [1.54, 1.807) is 5.57 Å². The molecule has 0 saturated carbocycles. The quantitative estimate of drug-likeness (QED) is 0.393. The van der Waals surface area contributed by atoms with E-state index in [0.717, 1.165) is 44.8 Å². The average molecular weight is 351 g/mol. The normalized spacial score (nSPS) is 21.0. The van der Waals surface area contributed by atoms with Gasteiger partial charge in [0.2, 0.25) is 0 Å². The van der Waals surface area contributed by atoms with Crippen molar-refractivity contribution >= 4 is 0 Å². The largest absolute Gasteiger partial charge is 0.350 e. The Morgan fingerprint density at radius 1 is 0.920 bits per heavy atom. The van der Waals surface area contributed by atoms with Crippen LogP contribution in [0.3, 0.4) is 0 Å². The number of rotatable bonds is 10. The molecule has 0 aliphatic carbocycles. The van der Waals surface area contributed by atoms with Gasteiger partial charge in [0.25, 0.3) is 0 Å². The minimum Gasteiger partial charge on any atom is -0.350 e. The van der Waals surface area contributed by atoms with Gasteiger partial charge in [-0.3, -0.25) is 0 Å². The van der Waals surface area contributed by atoms with Gasteiger partial charge in [-0.05, 0) is 58.8 Å². The minimum atomic E-state index is -0.404. The zero-order valence-electron chi connectivity index (χ0n) is 17.9. The van der Waals surface area contributed by atoms with Gasteiger partial charge in [-0.25, -0.2) is 0 Å². The van der Waals surface area contributed by atoms with E-state index in [2.05, 4.69) is 60.6 Å². The molecule has 1 aliphatic heterocycles. The highest BCUT2D eigenvalue weighted by Crippen LogP contribution is 2.32. The molecule has 1 fully saturated rings. The maximum Gasteiger partial charge on any atom is 0.165 e. The first-order chi connectivity index (χ1) is 11.6. The maximum absolute atomic E-state index is 5.97. The number of hydrogen-bond donors (Lipinski definition) is 0. The number of allylic oxidation sites excluding steroid dienone is 4. The van der Waals surface area contributed by atoms with E-state index in [0.29, 0.717) is 0 Å². The third-order valence-corrected chi connectivity index (χ3v) is 5.01. The van der Waals surface area contributed by atoms with Crippen molar-refractivity contribution in [3.8, 4) is 0 Å². The standard InChI is InChI=1S/C23H42O2/c1-19(2)11-8-12-20(3)13-9-14-21(4)15-10-16-23(7)24-17-22(5,6)18-25-23/h13,15,19H,8-12,14,16-18H2,1-7H3. The Balaban J connectivity index is 2.23. The van der Waals surface area contributed by atoms with Crippen molar-refractivity contribution in [2.24, 2.45) is 11.3 Å². The monoisotopic (exact) mass is 350 g/mol. The Bertz CT molecular complexity index is 433. The molecule has 2 heteroatoms. The molecule has 0 radical (unpaired) electrons. The average Bonchev–Trinajstić information content (AvgIpc) is 2.50. The Morgan fingerprint density at radius 3 is 2.08 bits per heavy atom. The molecule has 146 valence electrons. The predicted octanol–water partition coefficient (Wildman–Crippen LogP) is 7.05. The van der Waals surface area contributed by atoms with Gasteiger partial charge in [0.15, 0.2) is 5.79 Å². The van der Waals surface area contributed by atoms with Crippen molar-refractivity contribution < 1.29 is 9.47 Å². The van der Waals surface area contributed by atoms with Gasteiger partial charge in [0, 0.05) is 11.8 Å². The molecule has 0 spiro atoms. The zero-order valence-corrected chi connectivity index (χ0v) is 17.9. The van der Waals surface area contributed by atoms with Crippen LogP contribution in [0.2, 0.25) is 0 Å². The molecule has 0 bridgehead atoms. The van der Waals surface area contributed by atoms with Gasteiger partial charge >= 0.3 is 0 Å². The summed E-state index contributed by atoms with van der Waals surface area (Å²) in [6.45, 7) is 17.2. The number of hydrogen-bond acceptors (Lipinski definition) is 2. The van der Waals surface area contributed by atoms with Gasteiger partial charge in [0.1, 0.15) is 0 Å². The molecule has 1 rings (SSSR count). The summed E-state index contributed by atoms with van der Waals surface area (Å²) in [5, 5.41) is 0. The highest BCUT2D eigenvalue weighted by Gasteiger charge is 2.36. The van der Waals surface area contributed by atoms with Crippen LogP contribution < -0.4 is 0 Å². The second-order valence-corrected chi connectivity index (χ2v) is 9.34. The van der Waals surface area contributed by atoms with Gasteiger partial charge in [0.05, 0.1) is 13.2 Å². The Hall–Kier alpha value is -0.600. The molecule has 0 atom stereocenters. The molecule has 0 amide bonds. The Morgan fingerprint density at radius 2 is 1.48 bits per heavy atom. The second kappa shape index (κ2) is 10.5. The Labute approximate surface area is 157 Å². The summed E-state index contributed by atoms with van der Waals surface area (Å²) in [6.07, 6.45) is 13.0. The minimum absolute atomic E-state index is 0.143. The van der Waals surface area contributed by atoms with Gasteiger partial charge < -0.3 is 9.47 Å². The lowest BCUT2D eigenvalue weighted by molar-refractivity contribution is -0.291. The lowest BCUT2D eigenvalue weighted by Crippen LogP contribution is -2.45. The summed E-state index contributed by atoms with van der Waals surface area (Å²) in [5.74, 6) is 0.419. The molecule has 1 saturated heterocycles. The predicted molar refractivity (Wildman–Crippen MR) is 109 cm³/mol. The van der Waals surface area contributed by atoms with Crippen molar-refractivity contribution in [3.63, 3.8) is 0 Å². The van der Waals surface area contributed by atoms with Crippen molar-refractivity contribution in [2.75, 3.05) is 13.2 Å². The molecule has 1 aliphatic rings. The molecule has 0 aromatic carbocycles. The van der Waals surface area contributed by atoms with Gasteiger partial charge in [-0.2, -0.15) is 0 Å². The van der Waals surface area contributed by atoms with Crippen molar-refractivity contribution in [1.82, 2.24) is 0 Å². The van der Waals surface area contributed by atoms with E-state index in [4.69, 9.17) is 9.47 Å². The maximum atomic E-state index is 5.97. The molecule has 25 heavy (non-hydrogen) atoms. The lowest BCUT2D eigenvalue weighted by Gasteiger charge is -2.41. The van der Waals surface area contributed by atoms with Crippen LogP contribution in [0, 0.1) is 11.3 Å². The zero-order chi connectivity index (χ0) is 18.9. The fourth-order valence-electron chi connectivity index (χ4n) is 3.04. The molecule has 2 nitrogen and oxygen atoms in total. The van der Waals surface area contributed by atoms with E-state index < -0.39 is 5.79 Å². The van der Waals surface area contributed by atoms with Gasteiger partial charge in [-0.1, -0.05) is 57.4 Å². The first-order valence-electron chi connectivity index (χ1n) is 10.2. The highest BCUT2D eigenvalue weighted by molar-refractivity contribution is 5.04. The van der Waals surface area contributed by atoms with Crippen LogP contribution in [0.5, 0.6) is 0 Å². The summed E-state index contributed by atoms with van der Waals surface area (Å²) in [7, 11) is 0.